The summed E-state index contributed by atoms with van der Waals surface area (Å²) >= 11 is 0. The van der Waals surface area contributed by atoms with E-state index in [2.05, 4.69) is 0 Å². The third-order valence-electron chi connectivity index (χ3n) is 2.46. The summed E-state index contributed by atoms with van der Waals surface area (Å²) in [6, 6.07) is 9.14. The molecule has 0 aromatic heterocycles. The van der Waals surface area contributed by atoms with Crippen molar-refractivity contribution in [3.8, 4) is 0 Å². The van der Waals surface area contributed by atoms with Crippen molar-refractivity contribution >= 4 is 5.97 Å². The van der Waals surface area contributed by atoms with Gasteiger partial charge in [-0.25, -0.2) is 0 Å². The minimum Gasteiger partial charge on any atom is -0.457 e. The fraction of sp³-hybridized carbons (Fsp3) is 0.462. The number of hydrogen-bond donors (Lipinski definition) is 1. The SMILES string of the molecule is CCCC(N)C(=O)OC(C)c1ccccc1. The van der Waals surface area contributed by atoms with Crippen molar-refractivity contribution in [1.29, 1.82) is 0 Å². The van der Waals surface area contributed by atoms with E-state index < -0.39 is 6.04 Å². The van der Waals surface area contributed by atoms with Gasteiger partial charge in [0.25, 0.3) is 0 Å². The monoisotopic (exact) mass is 221 g/mol. The zero-order valence-corrected chi connectivity index (χ0v) is 9.85. The molecule has 2 unspecified atom stereocenters. The Bertz CT molecular complexity index is 324. The zero-order valence-electron chi connectivity index (χ0n) is 9.85. The van der Waals surface area contributed by atoms with Gasteiger partial charge >= 0.3 is 5.97 Å². The van der Waals surface area contributed by atoms with Crippen LogP contribution in [0.5, 0.6) is 0 Å². The van der Waals surface area contributed by atoms with Gasteiger partial charge in [-0.3, -0.25) is 4.79 Å². The number of benzene rings is 1. The van der Waals surface area contributed by atoms with Crippen LogP contribution in [0.2, 0.25) is 0 Å². The molecule has 88 valence electrons. The van der Waals surface area contributed by atoms with Gasteiger partial charge in [0.15, 0.2) is 0 Å². The van der Waals surface area contributed by atoms with Crippen molar-refractivity contribution in [3.05, 3.63) is 35.9 Å². The molecule has 0 heterocycles. The molecular weight excluding hydrogens is 202 g/mol. The van der Waals surface area contributed by atoms with Crippen LogP contribution in [0.15, 0.2) is 30.3 Å². The average Bonchev–Trinajstić information content (AvgIpc) is 2.30. The minimum atomic E-state index is -0.504. The van der Waals surface area contributed by atoms with Crippen LogP contribution >= 0.6 is 0 Å². The van der Waals surface area contributed by atoms with Crippen LogP contribution in [-0.4, -0.2) is 12.0 Å². The molecule has 0 saturated carbocycles. The van der Waals surface area contributed by atoms with Gasteiger partial charge in [-0.1, -0.05) is 43.7 Å². The number of carbonyl (C=O) groups excluding carboxylic acids is 1. The molecule has 0 radical (unpaired) electrons. The van der Waals surface area contributed by atoms with E-state index in [0.29, 0.717) is 6.42 Å². The van der Waals surface area contributed by atoms with Crippen LogP contribution in [0.1, 0.15) is 38.4 Å². The zero-order chi connectivity index (χ0) is 12.0. The van der Waals surface area contributed by atoms with E-state index in [-0.39, 0.29) is 12.1 Å². The van der Waals surface area contributed by atoms with Crippen LogP contribution in [0.4, 0.5) is 0 Å². The maximum atomic E-state index is 11.6. The number of rotatable bonds is 5. The first kappa shape index (κ1) is 12.7. The van der Waals surface area contributed by atoms with Gasteiger partial charge in [0, 0.05) is 0 Å². The summed E-state index contributed by atoms with van der Waals surface area (Å²) in [5.41, 5.74) is 6.67. The highest BCUT2D eigenvalue weighted by molar-refractivity contribution is 5.75. The Morgan fingerprint density at radius 3 is 2.56 bits per heavy atom. The minimum absolute atomic E-state index is 0.239. The van der Waals surface area contributed by atoms with Gasteiger partial charge in [-0.05, 0) is 18.9 Å². The lowest BCUT2D eigenvalue weighted by Gasteiger charge is -2.16. The summed E-state index contributed by atoms with van der Waals surface area (Å²) in [5.74, 6) is -0.321. The molecule has 16 heavy (non-hydrogen) atoms. The van der Waals surface area contributed by atoms with Crippen LogP contribution < -0.4 is 5.73 Å². The van der Waals surface area contributed by atoms with E-state index in [9.17, 15) is 4.79 Å². The molecule has 0 aliphatic heterocycles. The molecule has 2 atom stereocenters. The van der Waals surface area contributed by atoms with Gasteiger partial charge in [0.2, 0.25) is 0 Å². The van der Waals surface area contributed by atoms with E-state index in [4.69, 9.17) is 10.5 Å². The van der Waals surface area contributed by atoms with Crippen molar-refractivity contribution < 1.29 is 9.53 Å². The molecule has 1 aromatic carbocycles. The summed E-state index contributed by atoms with van der Waals surface area (Å²) in [5, 5.41) is 0. The standard InChI is InChI=1S/C13H19NO2/c1-3-7-12(14)13(15)16-10(2)11-8-5-4-6-9-11/h4-6,8-10,12H,3,7,14H2,1-2H3. The molecule has 0 fully saturated rings. The quantitative estimate of drug-likeness (QED) is 0.777. The summed E-state index contributed by atoms with van der Waals surface area (Å²) in [6.45, 7) is 3.85. The van der Waals surface area contributed by atoms with Crippen molar-refractivity contribution in [1.82, 2.24) is 0 Å². The lowest BCUT2D eigenvalue weighted by atomic mass is 10.1. The maximum absolute atomic E-state index is 11.6. The van der Waals surface area contributed by atoms with Crippen LogP contribution in [0.3, 0.4) is 0 Å². The molecule has 0 aliphatic rings. The fourth-order valence-corrected chi connectivity index (χ4v) is 1.48. The predicted molar refractivity (Wildman–Crippen MR) is 63.8 cm³/mol. The molecule has 1 rings (SSSR count). The van der Waals surface area contributed by atoms with Gasteiger partial charge in [-0.2, -0.15) is 0 Å². The number of esters is 1. The highest BCUT2D eigenvalue weighted by Crippen LogP contribution is 2.16. The molecule has 2 N–H and O–H groups in total. The molecule has 1 aromatic rings. The van der Waals surface area contributed by atoms with Crippen molar-refractivity contribution in [2.45, 2.75) is 38.8 Å². The fourth-order valence-electron chi connectivity index (χ4n) is 1.48. The topological polar surface area (TPSA) is 52.3 Å². The number of carbonyl (C=O) groups is 1. The van der Waals surface area contributed by atoms with E-state index in [1.165, 1.54) is 0 Å². The molecule has 0 spiro atoms. The first-order chi connectivity index (χ1) is 7.65. The van der Waals surface area contributed by atoms with Crippen LogP contribution in [0, 0.1) is 0 Å². The number of hydrogen-bond acceptors (Lipinski definition) is 3. The summed E-state index contributed by atoms with van der Waals surface area (Å²) in [6.07, 6.45) is 1.31. The normalized spacial score (nSPS) is 14.2. The van der Waals surface area contributed by atoms with Crippen molar-refractivity contribution in [3.63, 3.8) is 0 Å². The van der Waals surface area contributed by atoms with E-state index >= 15 is 0 Å². The smallest absolute Gasteiger partial charge is 0.323 e. The molecule has 0 aliphatic carbocycles. The number of ether oxygens (including phenoxy) is 1. The van der Waals surface area contributed by atoms with Crippen LogP contribution in [0.25, 0.3) is 0 Å². The third kappa shape index (κ3) is 3.66. The molecule has 3 heteroatoms. The largest absolute Gasteiger partial charge is 0.457 e. The third-order valence-corrected chi connectivity index (χ3v) is 2.46. The van der Waals surface area contributed by atoms with Gasteiger partial charge in [0.05, 0.1) is 0 Å². The summed E-state index contributed by atoms with van der Waals surface area (Å²) in [4.78, 5) is 11.6. The van der Waals surface area contributed by atoms with Crippen molar-refractivity contribution in [2.75, 3.05) is 0 Å². The van der Waals surface area contributed by atoms with Gasteiger partial charge < -0.3 is 10.5 Å². The maximum Gasteiger partial charge on any atom is 0.323 e. The first-order valence-electron chi connectivity index (χ1n) is 5.66. The Morgan fingerprint density at radius 2 is 2.00 bits per heavy atom. The van der Waals surface area contributed by atoms with E-state index in [0.717, 1.165) is 12.0 Å². The lowest BCUT2D eigenvalue weighted by Crippen LogP contribution is -2.32. The Balaban J connectivity index is 2.51. The van der Waals surface area contributed by atoms with Gasteiger partial charge in [-0.15, -0.1) is 0 Å². The second kappa shape index (κ2) is 6.28. The summed E-state index contributed by atoms with van der Waals surface area (Å²) < 4.78 is 5.29. The molecule has 3 nitrogen and oxygen atoms in total. The van der Waals surface area contributed by atoms with E-state index in [1.807, 2.05) is 44.2 Å². The summed E-state index contributed by atoms with van der Waals surface area (Å²) in [7, 11) is 0. The Labute approximate surface area is 96.6 Å². The Hall–Kier alpha value is -1.35. The Morgan fingerprint density at radius 1 is 1.38 bits per heavy atom. The average molecular weight is 221 g/mol. The molecule has 0 saturated heterocycles. The van der Waals surface area contributed by atoms with E-state index in [1.54, 1.807) is 0 Å². The highest BCUT2D eigenvalue weighted by atomic mass is 16.5. The molecular formula is C13H19NO2. The van der Waals surface area contributed by atoms with Crippen LogP contribution in [-0.2, 0) is 9.53 Å². The number of nitrogens with two attached hydrogens (primary N) is 1. The molecule has 0 bridgehead atoms. The van der Waals surface area contributed by atoms with Gasteiger partial charge in [0.1, 0.15) is 12.1 Å². The molecule has 0 amide bonds. The first-order valence-corrected chi connectivity index (χ1v) is 5.66. The second-order valence-corrected chi connectivity index (χ2v) is 3.88. The highest BCUT2D eigenvalue weighted by Gasteiger charge is 2.17. The predicted octanol–water partition coefficient (Wildman–Crippen LogP) is 2.42. The lowest BCUT2D eigenvalue weighted by molar-refractivity contribution is -0.150. The van der Waals surface area contributed by atoms with Crippen molar-refractivity contribution in [2.24, 2.45) is 5.73 Å². The Kier molecular flexibility index (Phi) is 4.99. The second-order valence-electron chi connectivity index (χ2n) is 3.88.